The molecule has 1 aliphatic rings. The van der Waals surface area contributed by atoms with Crippen LogP contribution in [0.1, 0.15) is 95.3 Å². The van der Waals surface area contributed by atoms with E-state index < -0.39 is 23.4 Å². The van der Waals surface area contributed by atoms with Crippen molar-refractivity contribution in [3.63, 3.8) is 0 Å². The first-order valence-electron chi connectivity index (χ1n) is 18.0. The second kappa shape index (κ2) is 19.0. The highest BCUT2D eigenvalue weighted by molar-refractivity contribution is 5.98. The van der Waals surface area contributed by atoms with Gasteiger partial charge in [-0.15, -0.1) is 0 Å². The number of β-amino-alcohol motifs (C(OH)–C–C–N with tert-alkyl or cyclic N) is 1. The number of carbonyl (C=O) groups is 2. The number of nitrogens with zero attached hydrogens (tertiary/aromatic N) is 4. The van der Waals surface area contributed by atoms with Crippen molar-refractivity contribution in [3.8, 4) is 5.69 Å². The van der Waals surface area contributed by atoms with Gasteiger partial charge in [0.2, 0.25) is 0 Å². The molecule has 0 bridgehead atoms. The van der Waals surface area contributed by atoms with Crippen LogP contribution in [0, 0.1) is 5.82 Å². The number of pyridine rings is 1. The van der Waals surface area contributed by atoms with Crippen LogP contribution in [-0.4, -0.2) is 62.4 Å². The molecule has 5 rings (SSSR count). The lowest BCUT2D eigenvalue weighted by atomic mass is 9.86. The van der Waals surface area contributed by atoms with Crippen molar-refractivity contribution in [3.05, 3.63) is 112 Å². The van der Waals surface area contributed by atoms with Gasteiger partial charge < -0.3 is 25.8 Å². The van der Waals surface area contributed by atoms with Crippen LogP contribution in [-0.2, 0) is 21.6 Å². The largest absolute Gasteiger partial charge is 0.391 e. The lowest BCUT2D eigenvalue weighted by molar-refractivity contribution is -0.114. The number of primary amides is 1. The number of fused-ring (bicyclic) bond motifs is 1. The molecule has 11 nitrogen and oxygen atoms in total. The molecule has 1 aliphatic heterocycles. The molecular formula is C41H53FN6O5. The number of benzene rings is 2. The third-order valence-corrected chi connectivity index (χ3v) is 8.19. The smallest absolute Gasteiger partial charge is 0.282 e. The molecule has 0 spiro atoms. The first kappa shape index (κ1) is 42.2. The topological polar surface area (TPSA) is 153 Å². The third kappa shape index (κ3) is 10.5. The molecule has 284 valence electrons. The number of hydrogen-bond donors (Lipinski definition) is 3. The zero-order chi connectivity index (χ0) is 39.5. The molecule has 2 aromatic carbocycles. The lowest BCUT2D eigenvalue weighted by Crippen LogP contribution is -2.29. The van der Waals surface area contributed by atoms with E-state index in [4.69, 9.17) is 10.5 Å². The van der Waals surface area contributed by atoms with E-state index in [1.165, 1.54) is 31.0 Å². The summed E-state index contributed by atoms with van der Waals surface area (Å²) in [6, 6.07) is 11.4. The van der Waals surface area contributed by atoms with Gasteiger partial charge in [-0.3, -0.25) is 14.4 Å². The average molecular weight is 729 g/mol. The average Bonchev–Trinajstić information content (AvgIpc) is 3.57. The zero-order valence-corrected chi connectivity index (χ0v) is 32.1. The van der Waals surface area contributed by atoms with E-state index in [0.29, 0.717) is 52.9 Å². The predicted octanol–water partition coefficient (Wildman–Crippen LogP) is 6.90. The van der Waals surface area contributed by atoms with Gasteiger partial charge in [0.15, 0.2) is 0 Å². The van der Waals surface area contributed by atoms with Crippen LogP contribution in [0.15, 0.2) is 78.0 Å². The van der Waals surface area contributed by atoms with E-state index in [-0.39, 0.29) is 41.4 Å². The van der Waals surface area contributed by atoms with Crippen molar-refractivity contribution in [2.24, 2.45) is 5.73 Å². The fourth-order valence-electron chi connectivity index (χ4n) is 5.53. The van der Waals surface area contributed by atoms with Gasteiger partial charge in [0.05, 0.1) is 35.5 Å². The van der Waals surface area contributed by atoms with Crippen LogP contribution >= 0.6 is 0 Å². The number of aliphatic hydroxyl groups excluding tert-OH is 1. The Balaban J connectivity index is 0.00000144. The Kier molecular flexibility index (Phi) is 15.2. The number of nitrogens with two attached hydrogens (primary N) is 1. The highest BCUT2D eigenvalue weighted by Crippen LogP contribution is 2.29. The maximum absolute atomic E-state index is 15.4. The van der Waals surface area contributed by atoms with Crippen LogP contribution in [0.3, 0.4) is 0 Å². The van der Waals surface area contributed by atoms with E-state index in [1.807, 2.05) is 41.5 Å². The second-order valence-electron chi connectivity index (χ2n) is 13.4. The van der Waals surface area contributed by atoms with Crippen LogP contribution in [0.4, 0.5) is 10.2 Å². The molecule has 0 aliphatic carbocycles. The molecule has 12 heteroatoms. The Hall–Kier alpha value is -5.20. The molecule has 53 heavy (non-hydrogen) atoms. The molecule has 4 N–H and O–H groups in total. The fourth-order valence-corrected chi connectivity index (χ4v) is 5.53. The Morgan fingerprint density at radius 3 is 2.40 bits per heavy atom. The summed E-state index contributed by atoms with van der Waals surface area (Å²) in [4.78, 5) is 44.8. The number of rotatable bonds is 10. The highest BCUT2D eigenvalue weighted by Gasteiger charge is 2.26. The first-order valence-corrected chi connectivity index (χ1v) is 18.0. The molecular weight excluding hydrogens is 675 g/mol. The molecule has 1 fully saturated rings. The Morgan fingerprint density at radius 2 is 1.83 bits per heavy atom. The quantitative estimate of drug-likeness (QED) is 0.118. The first-order chi connectivity index (χ1) is 25.2. The number of ether oxygens (including phenoxy) is 1. The number of allylic oxidation sites excluding steroid dienone is 2. The number of likely N-dealkylation sites (tertiary alicyclic amines) is 1. The molecule has 1 atom stereocenters. The number of hydrogen-bond acceptors (Lipinski definition) is 8. The third-order valence-electron chi connectivity index (χ3n) is 8.19. The Bertz CT molecular complexity index is 2000. The van der Waals surface area contributed by atoms with Crippen molar-refractivity contribution >= 4 is 34.0 Å². The SMILES string of the molecule is C=C(/C=C(/Nc1ccc(C(=O)N2CCC(O)C2)cn1)C(N)=O)c1cccc(-n2ncc3cc(C(C)(C)C)cc(F)c3c2=O)c1COCC.CC.CCC. The lowest BCUT2D eigenvalue weighted by Gasteiger charge is -2.20. The molecule has 0 saturated carbocycles. The predicted molar refractivity (Wildman–Crippen MR) is 209 cm³/mol. The summed E-state index contributed by atoms with van der Waals surface area (Å²) in [5, 5.41) is 17.4. The van der Waals surface area contributed by atoms with Gasteiger partial charge in [0.25, 0.3) is 17.4 Å². The van der Waals surface area contributed by atoms with Crippen molar-refractivity contribution in [2.45, 2.75) is 86.4 Å². The van der Waals surface area contributed by atoms with Gasteiger partial charge in [0.1, 0.15) is 17.3 Å². The van der Waals surface area contributed by atoms with E-state index in [1.54, 1.807) is 41.3 Å². The minimum atomic E-state index is -0.788. The van der Waals surface area contributed by atoms with Gasteiger partial charge in [-0.1, -0.05) is 73.6 Å². The normalized spacial score (nSPS) is 14.2. The fraction of sp³-hybridized carbons (Fsp3) is 0.390. The van der Waals surface area contributed by atoms with Crippen molar-refractivity contribution in [1.29, 1.82) is 0 Å². The van der Waals surface area contributed by atoms with E-state index in [9.17, 15) is 19.5 Å². The van der Waals surface area contributed by atoms with Crippen molar-refractivity contribution < 1.29 is 23.8 Å². The van der Waals surface area contributed by atoms with Crippen molar-refractivity contribution in [2.75, 3.05) is 25.0 Å². The zero-order valence-electron chi connectivity index (χ0n) is 32.1. The molecule has 0 radical (unpaired) electrons. The minimum absolute atomic E-state index is 0.0280. The maximum atomic E-state index is 15.4. The summed E-state index contributed by atoms with van der Waals surface area (Å²) in [5.41, 5.74) is 7.62. The van der Waals surface area contributed by atoms with Crippen LogP contribution in [0.5, 0.6) is 0 Å². The number of nitrogens with one attached hydrogen (secondary N) is 1. The number of aromatic nitrogens is 3. The summed E-state index contributed by atoms with van der Waals surface area (Å²) in [6.07, 6.45) is 5.54. The van der Waals surface area contributed by atoms with E-state index >= 15 is 4.39 Å². The standard InChI is InChI=1S/C36H39FN6O5.C3H8.C2H6/c1-6-48-20-27-26(8-7-9-30(27)43-35(47)32-23(18-40-43)15-24(16-28(32)37)36(3,4)5)21(2)14-29(33(38)45)41-31-11-10-22(17-39-31)34(46)42-13-12-25(44)19-42;1-3-2;1-2/h7-11,14-18,25,44H,2,6,12-13,19-20H2,1,3-5H3,(H2,38,45)(H,39,41);3H2,1-2H3;1-2H3/b29-14+;;. The molecule has 3 heterocycles. The van der Waals surface area contributed by atoms with Crippen molar-refractivity contribution in [1.82, 2.24) is 19.7 Å². The van der Waals surface area contributed by atoms with E-state index in [0.717, 1.165) is 10.2 Å². The van der Waals surface area contributed by atoms with Gasteiger partial charge in [-0.05, 0) is 71.9 Å². The molecule has 2 amide bonds. The van der Waals surface area contributed by atoms with Gasteiger partial charge >= 0.3 is 0 Å². The molecule has 4 aromatic rings. The van der Waals surface area contributed by atoms with Gasteiger partial charge in [-0.25, -0.2) is 9.37 Å². The monoisotopic (exact) mass is 728 g/mol. The summed E-state index contributed by atoms with van der Waals surface area (Å²) >= 11 is 0. The minimum Gasteiger partial charge on any atom is -0.391 e. The van der Waals surface area contributed by atoms with Crippen LogP contribution in [0.2, 0.25) is 0 Å². The van der Waals surface area contributed by atoms with Gasteiger partial charge in [0, 0.05) is 36.8 Å². The number of amides is 2. The number of aliphatic hydroxyl groups is 1. The number of carbonyl (C=O) groups excluding carboxylic acids is 2. The Labute approximate surface area is 311 Å². The van der Waals surface area contributed by atoms with Gasteiger partial charge in [-0.2, -0.15) is 9.78 Å². The highest BCUT2D eigenvalue weighted by atomic mass is 19.1. The number of anilines is 1. The Morgan fingerprint density at radius 1 is 1.13 bits per heavy atom. The summed E-state index contributed by atoms with van der Waals surface area (Å²) in [5.74, 6) is -1.41. The molecule has 2 aromatic heterocycles. The van der Waals surface area contributed by atoms with E-state index in [2.05, 4.69) is 35.8 Å². The maximum Gasteiger partial charge on any atom is 0.282 e. The molecule has 1 unspecified atom stereocenters. The summed E-state index contributed by atoms with van der Waals surface area (Å²) < 4.78 is 22.3. The van der Waals surface area contributed by atoms with Crippen LogP contribution in [0.25, 0.3) is 22.0 Å². The molecule has 1 saturated heterocycles. The summed E-state index contributed by atoms with van der Waals surface area (Å²) in [6.45, 7) is 21.3. The van der Waals surface area contributed by atoms with Crippen LogP contribution < -0.4 is 16.6 Å². The second-order valence-corrected chi connectivity index (χ2v) is 13.4. The summed E-state index contributed by atoms with van der Waals surface area (Å²) in [7, 11) is 0. The number of halogens is 1.